The van der Waals surface area contributed by atoms with Gasteiger partial charge in [-0.05, 0) is 44.4 Å². The fourth-order valence-corrected chi connectivity index (χ4v) is 4.40. The Morgan fingerprint density at radius 2 is 1.96 bits per heavy atom. The van der Waals surface area contributed by atoms with Crippen LogP contribution in [0.2, 0.25) is 0 Å². The molecule has 1 aromatic rings. The van der Waals surface area contributed by atoms with E-state index in [4.69, 9.17) is 5.73 Å². The maximum atomic E-state index is 12.8. The first-order chi connectivity index (χ1) is 10.9. The molecule has 1 aliphatic heterocycles. The fraction of sp³-hybridized carbons (Fsp3) is 0.562. The predicted octanol–water partition coefficient (Wildman–Crippen LogP) is 1.25. The topological polar surface area (TPSA) is 92.5 Å². The fourth-order valence-electron chi connectivity index (χ4n) is 2.63. The minimum absolute atomic E-state index is 0.161. The number of nitrogens with two attached hydrogens (primary N) is 1. The van der Waals surface area contributed by atoms with E-state index in [9.17, 15) is 13.2 Å². The molecule has 1 aromatic carbocycles. The zero-order valence-corrected chi connectivity index (χ0v) is 14.5. The van der Waals surface area contributed by atoms with Crippen molar-refractivity contribution in [1.82, 2.24) is 9.62 Å². The average molecular weight is 339 g/mol. The molecule has 1 amide bonds. The maximum absolute atomic E-state index is 12.8. The molecule has 1 heterocycles. The van der Waals surface area contributed by atoms with Crippen molar-refractivity contribution in [1.29, 1.82) is 0 Å². The lowest BCUT2D eigenvalue weighted by molar-refractivity contribution is 0.0941. The van der Waals surface area contributed by atoms with E-state index in [0.717, 1.165) is 19.3 Å². The van der Waals surface area contributed by atoms with Crippen LogP contribution in [0.25, 0.3) is 0 Å². The van der Waals surface area contributed by atoms with Gasteiger partial charge in [-0.1, -0.05) is 12.5 Å². The number of piperidine rings is 1. The van der Waals surface area contributed by atoms with Crippen LogP contribution in [0.3, 0.4) is 0 Å². The Labute approximate surface area is 138 Å². The molecule has 1 atom stereocenters. The molecule has 6 nitrogen and oxygen atoms in total. The molecule has 0 unspecified atom stereocenters. The molecule has 7 heteroatoms. The molecule has 1 saturated heterocycles. The van der Waals surface area contributed by atoms with Gasteiger partial charge >= 0.3 is 0 Å². The zero-order valence-electron chi connectivity index (χ0n) is 13.7. The molecule has 1 aliphatic rings. The van der Waals surface area contributed by atoms with Gasteiger partial charge in [0.2, 0.25) is 10.0 Å². The second-order valence-corrected chi connectivity index (χ2v) is 7.96. The number of sulfonamides is 1. The van der Waals surface area contributed by atoms with Crippen molar-refractivity contribution in [2.45, 2.75) is 44.0 Å². The van der Waals surface area contributed by atoms with Crippen LogP contribution in [0.15, 0.2) is 23.1 Å². The van der Waals surface area contributed by atoms with Crippen LogP contribution in [-0.4, -0.2) is 44.3 Å². The minimum atomic E-state index is -3.55. The van der Waals surface area contributed by atoms with Gasteiger partial charge in [0, 0.05) is 31.2 Å². The first kappa shape index (κ1) is 17.9. The van der Waals surface area contributed by atoms with Crippen molar-refractivity contribution >= 4 is 15.9 Å². The summed E-state index contributed by atoms with van der Waals surface area (Å²) in [5, 5.41) is 2.75. The molecule has 2 rings (SSSR count). The highest BCUT2D eigenvalue weighted by atomic mass is 32.2. The molecular formula is C16H25N3O3S. The minimum Gasteiger partial charge on any atom is -0.348 e. The molecule has 23 heavy (non-hydrogen) atoms. The summed E-state index contributed by atoms with van der Waals surface area (Å²) in [6.07, 6.45) is 2.82. The second kappa shape index (κ2) is 7.42. The molecule has 128 valence electrons. The Bertz CT molecular complexity index is 667. The standard InChI is InChI=1S/C16H25N3O3S/c1-12-6-7-14(16(20)18-13(2)11-17)10-15(12)23(21,22)19-8-4-3-5-9-19/h6-7,10,13H,3-5,8-9,11,17H2,1-2H3,(H,18,20)/t13-/m0/s1. The summed E-state index contributed by atoms with van der Waals surface area (Å²) in [4.78, 5) is 12.4. The number of hydrogen-bond donors (Lipinski definition) is 2. The van der Waals surface area contributed by atoms with E-state index in [0.29, 0.717) is 30.8 Å². The molecule has 3 N–H and O–H groups in total. The van der Waals surface area contributed by atoms with Crippen molar-refractivity contribution in [3.63, 3.8) is 0 Å². The van der Waals surface area contributed by atoms with Crippen LogP contribution < -0.4 is 11.1 Å². The van der Waals surface area contributed by atoms with Crippen LogP contribution in [-0.2, 0) is 10.0 Å². The summed E-state index contributed by atoms with van der Waals surface area (Å²) >= 11 is 0. The number of nitrogens with one attached hydrogen (secondary N) is 1. The van der Waals surface area contributed by atoms with Gasteiger partial charge in [-0.15, -0.1) is 0 Å². The largest absolute Gasteiger partial charge is 0.348 e. The summed E-state index contributed by atoms with van der Waals surface area (Å²) in [6, 6.07) is 4.63. The SMILES string of the molecule is Cc1ccc(C(=O)N[C@@H](C)CN)cc1S(=O)(=O)N1CCCCC1. The second-order valence-electron chi connectivity index (χ2n) is 6.06. The number of rotatable bonds is 5. The maximum Gasteiger partial charge on any atom is 0.251 e. The smallest absolute Gasteiger partial charge is 0.251 e. The first-order valence-corrected chi connectivity index (χ1v) is 9.42. The number of carbonyl (C=O) groups is 1. The summed E-state index contributed by atoms with van der Waals surface area (Å²) < 4.78 is 27.2. The van der Waals surface area contributed by atoms with Crippen molar-refractivity contribution in [3.8, 4) is 0 Å². The van der Waals surface area contributed by atoms with Crippen LogP contribution in [0, 0.1) is 6.92 Å². The van der Waals surface area contributed by atoms with Crippen LogP contribution >= 0.6 is 0 Å². The van der Waals surface area contributed by atoms with Gasteiger partial charge in [0.25, 0.3) is 5.91 Å². The molecular weight excluding hydrogens is 314 g/mol. The first-order valence-electron chi connectivity index (χ1n) is 7.98. The number of carbonyl (C=O) groups excluding carboxylic acids is 1. The Hall–Kier alpha value is -1.44. The van der Waals surface area contributed by atoms with E-state index in [1.54, 1.807) is 26.0 Å². The number of aryl methyl sites for hydroxylation is 1. The van der Waals surface area contributed by atoms with Gasteiger partial charge in [0.1, 0.15) is 0 Å². The summed E-state index contributed by atoms with van der Waals surface area (Å²) in [6.45, 7) is 4.97. The normalized spacial score (nSPS) is 17.7. The molecule has 0 saturated carbocycles. The quantitative estimate of drug-likeness (QED) is 0.844. The monoisotopic (exact) mass is 339 g/mol. The number of hydrogen-bond acceptors (Lipinski definition) is 4. The lowest BCUT2D eigenvalue weighted by Gasteiger charge is -2.26. The summed E-state index contributed by atoms with van der Waals surface area (Å²) in [7, 11) is -3.55. The predicted molar refractivity (Wildman–Crippen MR) is 89.8 cm³/mol. The highest BCUT2D eigenvalue weighted by Crippen LogP contribution is 2.24. The third kappa shape index (κ3) is 4.10. The molecule has 0 radical (unpaired) electrons. The van der Waals surface area contributed by atoms with Crippen molar-refractivity contribution < 1.29 is 13.2 Å². The van der Waals surface area contributed by atoms with E-state index >= 15 is 0 Å². The van der Waals surface area contributed by atoms with Crippen molar-refractivity contribution in [2.75, 3.05) is 19.6 Å². The van der Waals surface area contributed by atoms with Gasteiger partial charge in [-0.25, -0.2) is 8.42 Å². The number of nitrogens with zero attached hydrogens (tertiary/aromatic N) is 1. The van der Waals surface area contributed by atoms with Gasteiger partial charge in [-0.3, -0.25) is 4.79 Å². The Kier molecular flexibility index (Phi) is 5.78. The van der Waals surface area contributed by atoms with Crippen LogP contribution in [0.1, 0.15) is 42.1 Å². The van der Waals surface area contributed by atoms with Crippen LogP contribution in [0.5, 0.6) is 0 Å². The van der Waals surface area contributed by atoms with Gasteiger partial charge in [-0.2, -0.15) is 4.31 Å². The third-order valence-corrected chi connectivity index (χ3v) is 6.15. The van der Waals surface area contributed by atoms with Gasteiger partial charge in [0.15, 0.2) is 0 Å². The highest BCUT2D eigenvalue weighted by Gasteiger charge is 2.28. The Balaban J connectivity index is 2.31. The lowest BCUT2D eigenvalue weighted by Crippen LogP contribution is -2.38. The van der Waals surface area contributed by atoms with Gasteiger partial charge in [0.05, 0.1) is 4.90 Å². The zero-order chi connectivity index (χ0) is 17.0. The molecule has 1 fully saturated rings. The van der Waals surface area contributed by atoms with E-state index in [1.807, 2.05) is 0 Å². The van der Waals surface area contributed by atoms with Crippen molar-refractivity contribution in [3.05, 3.63) is 29.3 Å². The van der Waals surface area contributed by atoms with Crippen LogP contribution in [0.4, 0.5) is 0 Å². The van der Waals surface area contributed by atoms with Crippen molar-refractivity contribution in [2.24, 2.45) is 5.73 Å². The summed E-state index contributed by atoms with van der Waals surface area (Å²) in [5.41, 5.74) is 6.49. The summed E-state index contributed by atoms with van der Waals surface area (Å²) in [5.74, 6) is -0.307. The average Bonchev–Trinajstić information content (AvgIpc) is 2.55. The molecule has 0 aliphatic carbocycles. The molecule has 0 aromatic heterocycles. The number of amides is 1. The Morgan fingerprint density at radius 3 is 2.57 bits per heavy atom. The third-order valence-electron chi connectivity index (χ3n) is 4.11. The van der Waals surface area contributed by atoms with E-state index in [-0.39, 0.29) is 16.8 Å². The lowest BCUT2D eigenvalue weighted by atomic mass is 10.1. The van der Waals surface area contributed by atoms with E-state index in [2.05, 4.69) is 5.32 Å². The van der Waals surface area contributed by atoms with Gasteiger partial charge < -0.3 is 11.1 Å². The highest BCUT2D eigenvalue weighted by molar-refractivity contribution is 7.89. The molecule has 0 spiro atoms. The molecule has 0 bridgehead atoms. The number of benzene rings is 1. The Morgan fingerprint density at radius 1 is 1.30 bits per heavy atom. The van der Waals surface area contributed by atoms with E-state index < -0.39 is 10.0 Å². The van der Waals surface area contributed by atoms with E-state index in [1.165, 1.54) is 10.4 Å².